The molecule has 15 nitrogen and oxygen atoms in total. The van der Waals surface area contributed by atoms with E-state index in [1.807, 2.05) is 0 Å². The molecule has 326 valence electrons. The quantitative estimate of drug-likeness (QED) is 0.214. The average molecular weight is 833 g/mol. The highest BCUT2D eigenvalue weighted by Crippen LogP contribution is 2.50. The van der Waals surface area contributed by atoms with E-state index in [-0.39, 0.29) is 55.4 Å². The topological polar surface area (TPSA) is 209 Å². The number of likely N-dealkylation sites (tertiary alicyclic amines) is 1. The van der Waals surface area contributed by atoms with Crippen LogP contribution >= 0.6 is 0 Å². The maximum absolute atomic E-state index is 14.7. The van der Waals surface area contributed by atoms with Gasteiger partial charge in [0.25, 0.3) is 11.7 Å². The van der Waals surface area contributed by atoms with Gasteiger partial charge in [-0.3, -0.25) is 24.4 Å². The molecule has 9 atom stereocenters. The number of aromatic hydroxyl groups is 2. The Balaban J connectivity index is 1.55. The van der Waals surface area contributed by atoms with Gasteiger partial charge in [0.2, 0.25) is 0 Å². The van der Waals surface area contributed by atoms with Crippen molar-refractivity contribution in [2.45, 2.75) is 124 Å². The van der Waals surface area contributed by atoms with E-state index in [0.29, 0.717) is 32.0 Å². The number of phenolic OH excluding ortho intramolecular Hbond substituents is 2. The Kier molecular flexibility index (Phi) is 12.6. The smallest absolute Gasteiger partial charge is 0.312 e. The molecule has 15 heteroatoms. The Morgan fingerprint density at radius 2 is 1.60 bits per heavy atom. The molecule has 0 radical (unpaired) electrons. The van der Waals surface area contributed by atoms with Crippen molar-refractivity contribution in [1.29, 1.82) is 0 Å². The number of carbonyl (C=O) groups excluding carboxylic acids is 3. The van der Waals surface area contributed by atoms with E-state index < -0.39 is 82.9 Å². The molecule has 1 spiro atoms. The van der Waals surface area contributed by atoms with E-state index in [1.54, 1.807) is 65.8 Å². The SMILES string of the molecule is CO[C@H]1/C=C/O[C@@]2(C)Oc3c(C)c(O)c4c(O)c(c5c(c4c3C2=O)=NC2(CCN(C(C)C)CC2)N=5)NC(=O)/C(C)=C\C=C\[C@H](C)[C@H](O)[C@@H](C)[C@@H](O)[C@@H](C)[C@H](OC(C)=O)[C@@H]1C. The lowest BCUT2D eigenvalue weighted by molar-refractivity contribution is -0.160. The normalized spacial score (nSPS) is 33.0. The summed E-state index contributed by atoms with van der Waals surface area (Å²) in [6.45, 7) is 18.5. The van der Waals surface area contributed by atoms with Crippen molar-refractivity contribution < 1.29 is 53.8 Å². The summed E-state index contributed by atoms with van der Waals surface area (Å²) < 4.78 is 24.0. The number of benzene rings is 2. The monoisotopic (exact) mass is 832 g/mol. The van der Waals surface area contributed by atoms with Gasteiger partial charge in [-0.05, 0) is 33.8 Å². The van der Waals surface area contributed by atoms with Gasteiger partial charge in [-0.15, -0.1) is 0 Å². The number of hydrogen-bond donors (Lipinski definition) is 5. The van der Waals surface area contributed by atoms with Crippen molar-refractivity contribution in [3.8, 4) is 17.2 Å². The van der Waals surface area contributed by atoms with Crippen molar-refractivity contribution >= 4 is 34.1 Å². The van der Waals surface area contributed by atoms with E-state index in [9.17, 15) is 34.8 Å². The third-order valence-electron chi connectivity index (χ3n) is 12.9. The van der Waals surface area contributed by atoms with Gasteiger partial charge >= 0.3 is 11.8 Å². The van der Waals surface area contributed by atoms with Crippen LogP contribution in [0.15, 0.2) is 46.1 Å². The number of rotatable bonds is 3. The lowest BCUT2D eigenvalue weighted by Gasteiger charge is -2.38. The third-order valence-corrected chi connectivity index (χ3v) is 12.9. The highest BCUT2D eigenvalue weighted by Gasteiger charge is 2.50. The first kappa shape index (κ1) is 44.7. The van der Waals surface area contributed by atoms with Crippen LogP contribution in [0.1, 0.15) is 91.1 Å². The van der Waals surface area contributed by atoms with E-state index >= 15 is 0 Å². The molecule has 4 bridgehead atoms. The third kappa shape index (κ3) is 7.92. The summed E-state index contributed by atoms with van der Waals surface area (Å²) in [6.07, 6.45) is 5.01. The van der Waals surface area contributed by atoms with E-state index in [0.717, 1.165) is 0 Å². The summed E-state index contributed by atoms with van der Waals surface area (Å²) in [6, 6.07) is 0.300. The second kappa shape index (κ2) is 16.9. The fourth-order valence-electron chi connectivity index (χ4n) is 8.99. The Morgan fingerprint density at radius 3 is 2.22 bits per heavy atom. The molecule has 4 aliphatic rings. The molecule has 1 fully saturated rings. The molecule has 2 aromatic carbocycles. The van der Waals surface area contributed by atoms with Crippen molar-refractivity contribution in [2.24, 2.45) is 33.7 Å². The molecule has 60 heavy (non-hydrogen) atoms. The molecular weight excluding hydrogens is 773 g/mol. The van der Waals surface area contributed by atoms with Crippen LogP contribution in [0.5, 0.6) is 17.2 Å². The number of hydrogen-bond acceptors (Lipinski definition) is 14. The molecule has 1 amide bonds. The largest absolute Gasteiger partial charge is 0.507 e. The number of piperidine rings is 1. The summed E-state index contributed by atoms with van der Waals surface area (Å²) in [7, 11) is 1.47. The average Bonchev–Trinajstić information content (AvgIpc) is 3.70. The van der Waals surface area contributed by atoms with Gasteiger partial charge in [-0.25, -0.2) is 0 Å². The van der Waals surface area contributed by atoms with E-state index in [1.165, 1.54) is 27.2 Å². The molecule has 6 rings (SSSR count). The number of aliphatic hydroxyl groups is 2. The van der Waals surface area contributed by atoms with Crippen LogP contribution < -0.4 is 20.8 Å². The van der Waals surface area contributed by atoms with Gasteiger partial charge in [0, 0.05) is 93.1 Å². The molecular formula is C45H60N4O11. The van der Waals surface area contributed by atoms with Crippen molar-refractivity contribution in [3.05, 3.63) is 58.0 Å². The van der Waals surface area contributed by atoms with Crippen LogP contribution in [0, 0.1) is 30.6 Å². The predicted octanol–water partition coefficient (Wildman–Crippen LogP) is 4.50. The molecule has 0 saturated carbocycles. The maximum Gasteiger partial charge on any atom is 0.312 e. The Labute approximate surface area is 350 Å². The fourth-order valence-corrected chi connectivity index (χ4v) is 8.99. The number of methoxy groups -OCH3 is 1. The summed E-state index contributed by atoms with van der Waals surface area (Å²) in [5.74, 6) is -6.91. The number of nitrogens with one attached hydrogen (secondary N) is 1. The number of fused-ring (bicyclic) bond motifs is 1. The maximum atomic E-state index is 14.7. The van der Waals surface area contributed by atoms with Crippen LogP contribution in [0.25, 0.3) is 10.8 Å². The number of ether oxygens (including phenoxy) is 4. The van der Waals surface area contributed by atoms with Gasteiger partial charge < -0.3 is 49.6 Å². The zero-order valence-corrected chi connectivity index (χ0v) is 36.4. The Morgan fingerprint density at radius 1 is 0.950 bits per heavy atom. The summed E-state index contributed by atoms with van der Waals surface area (Å²) in [5.41, 5.74) is -0.583. The number of esters is 1. The second-order valence-corrected chi connectivity index (χ2v) is 17.4. The number of nitrogens with zero attached hydrogens (tertiary/aromatic N) is 3. The number of phenols is 2. The van der Waals surface area contributed by atoms with Crippen LogP contribution in [0.4, 0.5) is 5.69 Å². The molecule has 4 aliphatic heterocycles. The Hall–Kier alpha value is -4.83. The highest BCUT2D eigenvalue weighted by molar-refractivity contribution is 6.19. The summed E-state index contributed by atoms with van der Waals surface area (Å²) in [5, 5.41) is 50.1. The number of amides is 1. The molecule has 0 unspecified atom stereocenters. The van der Waals surface area contributed by atoms with Gasteiger partial charge in [-0.1, -0.05) is 45.9 Å². The molecule has 0 aliphatic carbocycles. The predicted molar refractivity (Wildman–Crippen MR) is 223 cm³/mol. The minimum atomic E-state index is -1.96. The summed E-state index contributed by atoms with van der Waals surface area (Å²) >= 11 is 0. The number of anilines is 1. The lowest BCUT2D eigenvalue weighted by Crippen LogP contribution is -2.46. The van der Waals surface area contributed by atoms with Crippen LogP contribution in [0.2, 0.25) is 0 Å². The standard InChI is InChI=1S/C45H60N4O11/c1-21(2)49-18-16-45(17-19-49)47-33-30-31-38(53)27(8)41-32(30)42(55)44(10,60-41)58-20-15-29(57-11)24(5)40(59-28(9)50)26(7)37(52)25(6)36(51)22(3)13-12-14-23(4)43(56)46-35(39(31)54)34(33)48-45/h12-15,20-22,24-26,29,36-37,40,51-54H,16-19H2,1-11H3,(H,46,56)/b13-12+,20-15+,23-14-/t22-,24+,25+,26+,29-,36-,37+,40+,44-/m0/s1. The van der Waals surface area contributed by atoms with E-state index in [4.69, 9.17) is 28.9 Å². The minimum absolute atomic E-state index is 0.0340. The number of aliphatic hydroxyl groups excluding tert-OH is 2. The van der Waals surface area contributed by atoms with E-state index in [2.05, 4.69) is 24.1 Å². The van der Waals surface area contributed by atoms with Gasteiger partial charge in [0.15, 0.2) is 11.4 Å². The summed E-state index contributed by atoms with van der Waals surface area (Å²) in [4.78, 5) is 53.5. The number of allylic oxidation sites excluding steroid dienone is 2. The zero-order valence-electron chi connectivity index (χ0n) is 36.4. The number of Topliss-reactive ketones (excluding diaryl/α,β-unsaturated/α-hetero) is 1. The van der Waals surface area contributed by atoms with Crippen molar-refractivity contribution in [3.63, 3.8) is 0 Å². The van der Waals surface area contributed by atoms with Crippen LogP contribution in [0.3, 0.4) is 0 Å². The van der Waals surface area contributed by atoms with Gasteiger partial charge in [0.1, 0.15) is 28.6 Å². The molecule has 4 heterocycles. The zero-order chi connectivity index (χ0) is 44.2. The van der Waals surface area contributed by atoms with Crippen LogP contribution in [-0.2, 0) is 23.8 Å². The highest BCUT2D eigenvalue weighted by atomic mass is 16.7. The molecule has 5 N–H and O–H groups in total. The number of ketones is 1. The van der Waals surface area contributed by atoms with Crippen molar-refractivity contribution in [2.75, 3.05) is 25.5 Å². The minimum Gasteiger partial charge on any atom is -0.507 e. The van der Waals surface area contributed by atoms with Crippen molar-refractivity contribution in [1.82, 2.24) is 4.90 Å². The van der Waals surface area contributed by atoms with Gasteiger partial charge in [-0.2, -0.15) is 0 Å². The first-order chi connectivity index (χ1) is 28.2. The lowest BCUT2D eigenvalue weighted by atomic mass is 9.78. The molecule has 2 aromatic rings. The molecule has 0 aromatic heterocycles. The first-order valence-electron chi connectivity index (χ1n) is 20.8. The second-order valence-electron chi connectivity index (χ2n) is 17.4. The molecule has 1 saturated heterocycles. The fraction of sp³-hybridized carbons (Fsp3) is 0.578. The number of carbonyl (C=O) groups is 3. The van der Waals surface area contributed by atoms with Gasteiger partial charge in [0.05, 0.1) is 40.9 Å². The van der Waals surface area contributed by atoms with Crippen LogP contribution in [-0.4, -0.2) is 105 Å². The Bertz CT molecular complexity index is 2280. The first-order valence-corrected chi connectivity index (χ1v) is 20.8.